The highest BCUT2D eigenvalue weighted by Crippen LogP contribution is 2.11. The first-order valence-corrected chi connectivity index (χ1v) is 6.25. The molecule has 96 valence electrons. The van der Waals surface area contributed by atoms with Crippen molar-refractivity contribution in [2.24, 2.45) is 7.05 Å². The molecule has 0 aliphatic rings. The summed E-state index contributed by atoms with van der Waals surface area (Å²) >= 11 is 0. The van der Waals surface area contributed by atoms with E-state index in [1.165, 1.54) is 0 Å². The molecule has 0 saturated heterocycles. The van der Waals surface area contributed by atoms with E-state index in [9.17, 15) is 0 Å². The van der Waals surface area contributed by atoms with Gasteiger partial charge in [-0.1, -0.05) is 18.2 Å². The molecular weight excluding hydrogens is 238 g/mol. The van der Waals surface area contributed by atoms with Crippen LogP contribution in [-0.2, 0) is 13.5 Å². The Morgan fingerprint density at radius 1 is 1.21 bits per heavy atom. The Bertz CT molecular complexity index is 689. The third kappa shape index (κ3) is 2.70. The molecule has 1 aromatic carbocycles. The molecule has 0 aliphatic carbocycles. The van der Waals surface area contributed by atoms with Gasteiger partial charge in [0.25, 0.3) is 0 Å². The summed E-state index contributed by atoms with van der Waals surface area (Å²) in [5.74, 6) is 0.662. The maximum absolute atomic E-state index is 4.46. The number of aromatic nitrogens is 4. The first-order valence-electron chi connectivity index (χ1n) is 6.25. The topological polar surface area (TPSA) is 55.6 Å². The number of benzene rings is 1. The van der Waals surface area contributed by atoms with E-state index in [1.54, 1.807) is 0 Å². The number of hydrogen-bond donors (Lipinski definition) is 1. The molecule has 5 heteroatoms. The third-order valence-corrected chi connectivity index (χ3v) is 2.92. The van der Waals surface area contributed by atoms with Crippen molar-refractivity contribution < 1.29 is 0 Å². The van der Waals surface area contributed by atoms with Crippen LogP contribution < -0.4 is 5.32 Å². The van der Waals surface area contributed by atoms with Crippen LogP contribution in [0.25, 0.3) is 10.9 Å². The van der Waals surface area contributed by atoms with Crippen molar-refractivity contribution in [3.05, 3.63) is 48.4 Å². The fraction of sp³-hybridized carbons (Fsp3) is 0.214. The Hall–Kier alpha value is -2.43. The Balaban J connectivity index is 1.65. The molecule has 0 aliphatic heterocycles. The molecule has 1 N–H and O–H groups in total. The predicted molar refractivity (Wildman–Crippen MR) is 74.9 cm³/mol. The van der Waals surface area contributed by atoms with Gasteiger partial charge in [-0.15, -0.1) is 0 Å². The van der Waals surface area contributed by atoms with E-state index in [2.05, 4.69) is 20.4 Å². The second kappa shape index (κ2) is 5.06. The van der Waals surface area contributed by atoms with Crippen molar-refractivity contribution in [2.45, 2.75) is 6.42 Å². The van der Waals surface area contributed by atoms with Crippen LogP contribution in [0.1, 0.15) is 5.69 Å². The zero-order chi connectivity index (χ0) is 13.1. The summed E-state index contributed by atoms with van der Waals surface area (Å²) < 4.78 is 1.81. The van der Waals surface area contributed by atoms with Gasteiger partial charge in [0.1, 0.15) is 0 Å². The van der Waals surface area contributed by atoms with Crippen LogP contribution >= 0.6 is 0 Å². The average Bonchev–Trinajstić information content (AvgIpc) is 2.84. The quantitative estimate of drug-likeness (QED) is 0.773. The summed E-state index contributed by atoms with van der Waals surface area (Å²) in [6.07, 6.45) is 4.64. The largest absolute Gasteiger partial charge is 0.354 e. The molecule has 2 heterocycles. The minimum atomic E-state index is 0.662. The van der Waals surface area contributed by atoms with Crippen LogP contribution in [0.4, 0.5) is 5.95 Å². The van der Waals surface area contributed by atoms with Crippen LogP contribution in [0.15, 0.2) is 42.7 Å². The van der Waals surface area contributed by atoms with Crippen molar-refractivity contribution in [1.82, 2.24) is 19.7 Å². The molecule has 0 fully saturated rings. The van der Waals surface area contributed by atoms with Gasteiger partial charge in [0.05, 0.1) is 11.2 Å². The van der Waals surface area contributed by atoms with E-state index in [4.69, 9.17) is 0 Å². The number of fused-ring (bicyclic) bond motifs is 1. The van der Waals surface area contributed by atoms with Crippen molar-refractivity contribution >= 4 is 16.9 Å². The predicted octanol–water partition coefficient (Wildman–Crippen LogP) is 2.02. The SMILES string of the molecule is Cn1ccc(CCNc2ncc3ccccc3n2)n1. The van der Waals surface area contributed by atoms with Gasteiger partial charge in [-0.3, -0.25) is 4.68 Å². The highest BCUT2D eigenvalue weighted by atomic mass is 15.2. The van der Waals surface area contributed by atoms with Crippen LogP contribution in [0.3, 0.4) is 0 Å². The average molecular weight is 253 g/mol. The van der Waals surface area contributed by atoms with Crippen LogP contribution in [0.2, 0.25) is 0 Å². The number of para-hydroxylation sites is 1. The van der Waals surface area contributed by atoms with Crippen molar-refractivity contribution in [2.75, 3.05) is 11.9 Å². The summed E-state index contributed by atoms with van der Waals surface area (Å²) in [4.78, 5) is 8.76. The van der Waals surface area contributed by atoms with Crippen LogP contribution in [0.5, 0.6) is 0 Å². The Morgan fingerprint density at radius 3 is 2.95 bits per heavy atom. The van der Waals surface area contributed by atoms with E-state index in [-0.39, 0.29) is 0 Å². The minimum absolute atomic E-state index is 0.662. The maximum Gasteiger partial charge on any atom is 0.223 e. The van der Waals surface area contributed by atoms with E-state index in [0.717, 1.165) is 29.6 Å². The molecule has 0 amide bonds. The fourth-order valence-electron chi connectivity index (χ4n) is 1.96. The van der Waals surface area contributed by atoms with Crippen LogP contribution in [0, 0.1) is 0 Å². The third-order valence-electron chi connectivity index (χ3n) is 2.92. The lowest BCUT2D eigenvalue weighted by atomic mass is 10.2. The van der Waals surface area contributed by atoms with Gasteiger partial charge in [0.15, 0.2) is 0 Å². The van der Waals surface area contributed by atoms with Gasteiger partial charge in [-0.05, 0) is 12.1 Å². The van der Waals surface area contributed by atoms with E-state index in [0.29, 0.717) is 5.95 Å². The summed E-state index contributed by atoms with van der Waals surface area (Å²) in [7, 11) is 1.92. The first-order chi connectivity index (χ1) is 9.31. The van der Waals surface area contributed by atoms with E-state index in [1.807, 2.05) is 54.5 Å². The second-order valence-corrected chi connectivity index (χ2v) is 4.41. The fourth-order valence-corrected chi connectivity index (χ4v) is 1.96. The van der Waals surface area contributed by atoms with Crippen molar-refractivity contribution in [1.29, 1.82) is 0 Å². The Labute approximate surface area is 111 Å². The zero-order valence-electron chi connectivity index (χ0n) is 10.7. The Kier molecular flexibility index (Phi) is 3.10. The molecule has 0 saturated carbocycles. The molecule has 5 nitrogen and oxygen atoms in total. The molecule has 0 radical (unpaired) electrons. The molecule has 0 atom stereocenters. The lowest BCUT2D eigenvalue weighted by molar-refractivity contribution is 0.741. The van der Waals surface area contributed by atoms with Crippen LogP contribution in [-0.4, -0.2) is 26.3 Å². The maximum atomic E-state index is 4.46. The lowest BCUT2D eigenvalue weighted by Gasteiger charge is -2.04. The molecule has 0 bridgehead atoms. The standard InChI is InChI=1S/C14H15N5/c1-19-9-7-12(18-19)6-8-15-14-16-10-11-4-2-3-5-13(11)17-14/h2-5,7,9-10H,6,8H2,1H3,(H,15,16,17). The number of rotatable bonds is 4. The Morgan fingerprint density at radius 2 is 2.11 bits per heavy atom. The molecule has 0 unspecified atom stereocenters. The van der Waals surface area contributed by atoms with Gasteiger partial charge in [-0.25, -0.2) is 9.97 Å². The first kappa shape index (κ1) is 11.6. The monoisotopic (exact) mass is 253 g/mol. The number of hydrogen-bond acceptors (Lipinski definition) is 4. The molecule has 0 spiro atoms. The minimum Gasteiger partial charge on any atom is -0.354 e. The van der Waals surface area contributed by atoms with Gasteiger partial charge in [-0.2, -0.15) is 5.10 Å². The highest BCUT2D eigenvalue weighted by Gasteiger charge is 2.00. The van der Waals surface area contributed by atoms with Crippen molar-refractivity contribution in [3.8, 4) is 0 Å². The number of nitrogens with zero attached hydrogens (tertiary/aromatic N) is 4. The van der Waals surface area contributed by atoms with Gasteiger partial charge < -0.3 is 5.32 Å². The smallest absolute Gasteiger partial charge is 0.223 e. The van der Waals surface area contributed by atoms with E-state index >= 15 is 0 Å². The summed E-state index contributed by atoms with van der Waals surface area (Å²) in [5.41, 5.74) is 2.02. The molecule has 2 aromatic heterocycles. The molecule has 3 rings (SSSR count). The van der Waals surface area contributed by atoms with Gasteiger partial charge in [0.2, 0.25) is 5.95 Å². The zero-order valence-corrected chi connectivity index (χ0v) is 10.7. The second-order valence-electron chi connectivity index (χ2n) is 4.41. The summed E-state index contributed by atoms with van der Waals surface area (Å²) in [6.45, 7) is 0.773. The highest BCUT2D eigenvalue weighted by molar-refractivity contribution is 5.78. The number of anilines is 1. The molecule has 3 aromatic rings. The lowest BCUT2D eigenvalue weighted by Crippen LogP contribution is -2.08. The molecular formula is C14H15N5. The summed E-state index contributed by atoms with van der Waals surface area (Å²) in [6, 6.07) is 9.98. The van der Waals surface area contributed by atoms with Crippen molar-refractivity contribution in [3.63, 3.8) is 0 Å². The van der Waals surface area contributed by atoms with Gasteiger partial charge >= 0.3 is 0 Å². The van der Waals surface area contributed by atoms with E-state index < -0.39 is 0 Å². The van der Waals surface area contributed by atoms with Gasteiger partial charge in [0, 0.05) is 37.8 Å². The number of aryl methyl sites for hydroxylation is 1. The normalized spacial score (nSPS) is 10.8. The molecule has 19 heavy (non-hydrogen) atoms. The summed E-state index contributed by atoms with van der Waals surface area (Å²) in [5, 5.41) is 8.60. The number of nitrogens with one attached hydrogen (secondary N) is 1.